The van der Waals surface area contributed by atoms with E-state index in [-0.39, 0.29) is 5.56 Å². The lowest BCUT2D eigenvalue weighted by molar-refractivity contribution is 0.265. The van der Waals surface area contributed by atoms with E-state index in [1.165, 1.54) is 17.1 Å². The third kappa shape index (κ3) is 3.23. The molecule has 1 aliphatic rings. The average Bonchev–Trinajstić information content (AvgIpc) is 2.95. The molecule has 1 aliphatic heterocycles. The maximum absolute atomic E-state index is 11.3. The first-order chi connectivity index (χ1) is 8.81. The van der Waals surface area contributed by atoms with Gasteiger partial charge in [-0.05, 0) is 18.1 Å². The van der Waals surface area contributed by atoms with Crippen molar-refractivity contribution < 1.29 is 4.74 Å². The van der Waals surface area contributed by atoms with Crippen molar-refractivity contribution >= 4 is 11.5 Å². The molecule has 18 heavy (non-hydrogen) atoms. The van der Waals surface area contributed by atoms with E-state index >= 15 is 0 Å². The minimum Gasteiger partial charge on any atom is -0.493 e. The lowest BCUT2D eigenvalue weighted by atomic mass is 10.1. The van der Waals surface area contributed by atoms with Crippen molar-refractivity contribution in [3.8, 4) is 0 Å². The number of nitrogens with zero attached hydrogens (tertiary/aromatic N) is 1. The van der Waals surface area contributed by atoms with Crippen LogP contribution in [0.1, 0.15) is 19.8 Å². The SMILES string of the molecule is CC/C=C1/CCO/C1=C/C=C/Cn1sccc1=O. The summed E-state index contributed by atoms with van der Waals surface area (Å²) in [6.07, 6.45) is 10.1. The highest BCUT2D eigenvalue weighted by molar-refractivity contribution is 7.04. The molecule has 2 rings (SSSR count). The third-order valence-electron chi connectivity index (χ3n) is 2.70. The summed E-state index contributed by atoms with van der Waals surface area (Å²) >= 11 is 1.43. The number of allylic oxidation sites excluding steroid dienone is 5. The van der Waals surface area contributed by atoms with E-state index in [2.05, 4.69) is 13.0 Å². The number of hydrogen-bond donors (Lipinski definition) is 0. The van der Waals surface area contributed by atoms with Gasteiger partial charge in [-0.15, -0.1) is 0 Å². The van der Waals surface area contributed by atoms with Crippen molar-refractivity contribution in [2.24, 2.45) is 0 Å². The van der Waals surface area contributed by atoms with Crippen LogP contribution < -0.4 is 5.56 Å². The molecule has 1 saturated heterocycles. The first kappa shape index (κ1) is 12.9. The number of aromatic nitrogens is 1. The molecular formula is C14H17NO2S. The fourth-order valence-corrected chi connectivity index (χ4v) is 2.49. The molecule has 0 aromatic carbocycles. The third-order valence-corrected chi connectivity index (χ3v) is 3.54. The van der Waals surface area contributed by atoms with Gasteiger partial charge in [-0.1, -0.05) is 36.7 Å². The van der Waals surface area contributed by atoms with Crippen molar-refractivity contribution in [1.29, 1.82) is 0 Å². The molecule has 3 nitrogen and oxygen atoms in total. The molecule has 0 atom stereocenters. The molecule has 0 aliphatic carbocycles. The molecule has 2 heterocycles. The van der Waals surface area contributed by atoms with Crippen LogP contribution in [0.25, 0.3) is 0 Å². The van der Waals surface area contributed by atoms with Crippen LogP contribution in [0.2, 0.25) is 0 Å². The van der Waals surface area contributed by atoms with Gasteiger partial charge < -0.3 is 4.74 Å². The summed E-state index contributed by atoms with van der Waals surface area (Å²) in [6, 6.07) is 1.58. The quantitative estimate of drug-likeness (QED) is 0.836. The molecule has 0 saturated carbocycles. The minimum atomic E-state index is 0.0565. The van der Waals surface area contributed by atoms with E-state index in [1.807, 2.05) is 18.2 Å². The Labute approximate surface area is 111 Å². The molecule has 1 aromatic rings. The second-order valence-electron chi connectivity index (χ2n) is 4.00. The van der Waals surface area contributed by atoms with Crippen LogP contribution in [-0.2, 0) is 11.3 Å². The molecule has 0 bridgehead atoms. The zero-order chi connectivity index (χ0) is 12.8. The summed E-state index contributed by atoms with van der Waals surface area (Å²) in [7, 11) is 0. The Morgan fingerprint density at radius 2 is 2.44 bits per heavy atom. The second-order valence-corrected chi connectivity index (χ2v) is 4.93. The molecular weight excluding hydrogens is 246 g/mol. The molecule has 0 N–H and O–H groups in total. The predicted octanol–water partition coefficient (Wildman–Crippen LogP) is 3.11. The Bertz CT molecular complexity index is 534. The summed E-state index contributed by atoms with van der Waals surface area (Å²) in [5.41, 5.74) is 1.34. The van der Waals surface area contributed by atoms with Crippen LogP contribution in [0, 0.1) is 0 Å². The van der Waals surface area contributed by atoms with Gasteiger partial charge in [-0.25, -0.2) is 0 Å². The van der Waals surface area contributed by atoms with Gasteiger partial charge in [0, 0.05) is 17.9 Å². The fraction of sp³-hybridized carbons (Fsp3) is 0.357. The highest BCUT2D eigenvalue weighted by Gasteiger charge is 2.12. The van der Waals surface area contributed by atoms with Gasteiger partial charge in [0.15, 0.2) is 0 Å². The van der Waals surface area contributed by atoms with Crippen LogP contribution >= 0.6 is 11.5 Å². The monoisotopic (exact) mass is 263 g/mol. The lowest BCUT2D eigenvalue weighted by Crippen LogP contribution is -2.10. The molecule has 0 radical (unpaired) electrons. The number of ether oxygens (including phenoxy) is 1. The van der Waals surface area contributed by atoms with Gasteiger partial charge in [0.05, 0.1) is 13.2 Å². The Balaban J connectivity index is 1.96. The minimum absolute atomic E-state index is 0.0565. The van der Waals surface area contributed by atoms with Gasteiger partial charge in [0.2, 0.25) is 0 Å². The molecule has 0 spiro atoms. The van der Waals surface area contributed by atoms with Crippen molar-refractivity contribution in [3.63, 3.8) is 0 Å². The van der Waals surface area contributed by atoms with Gasteiger partial charge in [-0.3, -0.25) is 8.75 Å². The van der Waals surface area contributed by atoms with E-state index in [9.17, 15) is 4.79 Å². The topological polar surface area (TPSA) is 31.2 Å². The van der Waals surface area contributed by atoms with Crippen LogP contribution in [0.5, 0.6) is 0 Å². The fourth-order valence-electron chi connectivity index (χ4n) is 1.83. The van der Waals surface area contributed by atoms with Crippen LogP contribution in [0.15, 0.2) is 51.9 Å². The molecule has 4 heteroatoms. The van der Waals surface area contributed by atoms with E-state index in [1.54, 1.807) is 15.4 Å². The summed E-state index contributed by atoms with van der Waals surface area (Å²) in [5.74, 6) is 0.964. The maximum Gasteiger partial charge on any atom is 0.260 e. The van der Waals surface area contributed by atoms with E-state index < -0.39 is 0 Å². The summed E-state index contributed by atoms with van der Waals surface area (Å²) in [4.78, 5) is 11.3. The number of hydrogen-bond acceptors (Lipinski definition) is 3. The van der Waals surface area contributed by atoms with Crippen molar-refractivity contribution in [2.45, 2.75) is 26.3 Å². The first-order valence-electron chi connectivity index (χ1n) is 6.15. The molecule has 0 amide bonds. The smallest absolute Gasteiger partial charge is 0.260 e. The van der Waals surface area contributed by atoms with Crippen molar-refractivity contribution in [3.05, 3.63) is 57.4 Å². The van der Waals surface area contributed by atoms with Gasteiger partial charge in [0.1, 0.15) is 5.76 Å². The Morgan fingerprint density at radius 3 is 3.17 bits per heavy atom. The predicted molar refractivity (Wildman–Crippen MR) is 74.7 cm³/mol. The van der Waals surface area contributed by atoms with Crippen LogP contribution in [0.4, 0.5) is 0 Å². The van der Waals surface area contributed by atoms with E-state index in [4.69, 9.17) is 4.74 Å². The zero-order valence-electron chi connectivity index (χ0n) is 10.5. The van der Waals surface area contributed by atoms with Crippen molar-refractivity contribution in [1.82, 2.24) is 3.96 Å². The summed E-state index contributed by atoms with van der Waals surface area (Å²) in [5, 5.41) is 1.80. The first-order valence-corrected chi connectivity index (χ1v) is 6.98. The van der Waals surface area contributed by atoms with E-state index in [0.29, 0.717) is 6.54 Å². The lowest BCUT2D eigenvalue weighted by Gasteiger charge is -1.98. The standard InChI is InChI=1S/C14H17NO2S/c1-2-5-12-7-10-17-13(12)6-3-4-9-15-14(16)8-11-18-15/h3-6,8,11H,2,7,9-10H2,1H3/b4-3+,12-5-,13-6+. The van der Waals surface area contributed by atoms with E-state index in [0.717, 1.165) is 25.2 Å². The summed E-state index contributed by atoms with van der Waals surface area (Å²) in [6.45, 7) is 3.52. The molecule has 96 valence electrons. The summed E-state index contributed by atoms with van der Waals surface area (Å²) < 4.78 is 7.26. The Hall–Kier alpha value is -1.55. The Kier molecular flexibility index (Phi) is 4.59. The van der Waals surface area contributed by atoms with Gasteiger partial charge in [-0.2, -0.15) is 0 Å². The molecule has 1 fully saturated rings. The van der Waals surface area contributed by atoms with Crippen LogP contribution in [-0.4, -0.2) is 10.6 Å². The molecule has 1 aromatic heterocycles. The highest BCUT2D eigenvalue weighted by Crippen LogP contribution is 2.23. The second kappa shape index (κ2) is 6.40. The largest absolute Gasteiger partial charge is 0.493 e. The maximum atomic E-state index is 11.3. The normalized spacial score (nSPS) is 20.1. The zero-order valence-corrected chi connectivity index (χ0v) is 11.3. The Morgan fingerprint density at radius 1 is 1.56 bits per heavy atom. The molecule has 0 unspecified atom stereocenters. The highest BCUT2D eigenvalue weighted by atomic mass is 32.1. The van der Waals surface area contributed by atoms with Crippen molar-refractivity contribution in [2.75, 3.05) is 6.61 Å². The average molecular weight is 263 g/mol. The number of rotatable bonds is 4. The van der Waals surface area contributed by atoms with Gasteiger partial charge in [0.25, 0.3) is 5.56 Å². The van der Waals surface area contributed by atoms with Crippen LogP contribution in [0.3, 0.4) is 0 Å². The van der Waals surface area contributed by atoms with Gasteiger partial charge >= 0.3 is 0 Å².